The predicted molar refractivity (Wildman–Crippen MR) is 121 cm³/mol. The molecule has 0 spiro atoms. The molecule has 3 rings (SSSR count). The van der Waals surface area contributed by atoms with E-state index in [1.807, 2.05) is 18.2 Å². The van der Waals surface area contributed by atoms with E-state index in [1.165, 1.54) is 11.1 Å². The lowest BCUT2D eigenvalue weighted by Crippen LogP contribution is -2.46. The molecule has 1 aliphatic rings. The summed E-state index contributed by atoms with van der Waals surface area (Å²) in [6, 6.07) is 18.8. The first kappa shape index (κ1) is 21.6. The van der Waals surface area contributed by atoms with Gasteiger partial charge in [0.05, 0.1) is 26.4 Å². The third-order valence-electron chi connectivity index (χ3n) is 5.25. The molecule has 5 nitrogen and oxygen atoms in total. The van der Waals surface area contributed by atoms with Gasteiger partial charge in [0.25, 0.3) is 0 Å². The zero-order valence-corrected chi connectivity index (χ0v) is 18.2. The summed E-state index contributed by atoms with van der Waals surface area (Å²) in [5.41, 5.74) is 2.44. The minimum absolute atomic E-state index is 0.158. The van der Waals surface area contributed by atoms with Crippen molar-refractivity contribution >= 4 is 17.3 Å². The molecular formula is C23H31N3O2S. The molecule has 29 heavy (non-hydrogen) atoms. The number of benzene rings is 2. The van der Waals surface area contributed by atoms with Crippen molar-refractivity contribution in [2.75, 3.05) is 46.5 Å². The van der Waals surface area contributed by atoms with E-state index in [4.69, 9.17) is 21.7 Å². The summed E-state index contributed by atoms with van der Waals surface area (Å²) >= 11 is 5.81. The topological polar surface area (TPSA) is 37.0 Å². The average molecular weight is 414 g/mol. The zero-order chi connectivity index (χ0) is 20.5. The molecule has 1 aliphatic heterocycles. The minimum atomic E-state index is 0.158. The molecule has 0 aliphatic carbocycles. The highest BCUT2D eigenvalue weighted by molar-refractivity contribution is 7.80. The molecule has 2 aromatic rings. The second-order valence-corrected chi connectivity index (χ2v) is 7.69. The number of thiocarbonyl (C=S) groups is 1. The molecule has 0 bridgehead atoms. The van der Waals surface area contributed by atoms with Crippen LogP contribution in [0.5, 0.6) is 5.75 Å². The SMILES string of the molecule is COc1ccc(CN(CCN2CCOCC2)C(=S)NC(C)c2ccccc2)cc1. The average Bonchev–Trinajstić information content (AvgIpc) is 2.78. The van der Waals surface area contributed by atoms with Gasteiger partial charge >= 0.3 is 0 Å². The molecule has 1 N–H and O–H groups in total. The quantitative estimate of drug-likeness (QED) is 0.668. The maximum absolute atomic E-state index is 5.81. The number of rotatable bonds is 8. The Morgan fingerprint density at radius 2 is 1.83 bits per heavy atom. The van der Waals surface area contributed by atoms with Crippen molar-refractivity contribution in [2.45, 2.75) is 19.5 Å². The molecule has 0 amide bonds. The Balaban J connectivity index is 1.65. The van der Waals surface area contributed by atoms with Crippen molar-refractivity contribution in [3.05, 3.63) is 65.7 Å². The Kier molecular flexibility index (Phi) is 8.28. The van der Waals surface area contributed by atoms with Crippen LogP contribution in [0.15, 0.2) is 54.6 Å². The van der Waals surface area contributed by atoms with Crippen LogP contribution in [0.2, 0.25) is 0 Å². The van der Waals surface area contributed by atoms with E-state index in [-0.39, 0.29) is 6.04 Å². The lowest BCUT2D eigenvalue weighted by Gasteiger charge is -2.32. The van der Waals surface area contributed by atoms with E-state index in [0.29, 0.717) is 0 Å². The molecule has 1 heterocycles. The summed E-state index contributed by atoms with van der Waals surface area (Å²) in [6.45, 7) is 8.35. The van der Waals surface area contributed by atoms with Gasteiger partial charge in [-0.05, 0) is 42.4 Å². The zero-order valence-electron chi connectivity index (χ0n) is 17.3. The van der Waals surface area contributed by atoms with E-state index < -0.39 is 0 Å². The first-order chi connectivity index (χ1) is 14.2. The second kappa shape index (κ2) is 11.1. The summed E-state index contributed by atoms with van der Waals surface area (Å²) in [4.78, 5) is 4.69. The van der Waals surface area contributed by atoms with Crippen LogP contribution in [0.3, 0.4) is 0 Å². The highest BCUT2D eigenvalue weighted by Gasteiger charge is 2.17. The highest BCUT2D eigenvalue weighted by atomic mass is 32.1. The van der Waals surface area contributed by atoms with Crippen LogP contribution in [-0.2, 0) is 11.3 Å². The van der Waals surface area contributed by atoms with E-state index in [9.17, 15) is 0 Å². The molecule has 0 radical (unpaired) electrons. The van der Waals surface area contributed by atoms with Crippen LogP contribution < -0.4 is 10.1 Å². The molecule has 0 saturated carbocycles. The van der Waals surface area contributed by atoms with Gasteiger partial charge in [-0.2, -0.15) is 0 Å². The Morgan fingerprint density at radius 3 is 2.48 bits per heavy atom. The molecule has 1 saturated heterocycles. The fraction of sp³-hybridized carbons (Fsp3) is 0.435. The normalized spacial score (nSPS) is 15.5. The summed E-state index contributed by atoms with van der Waals surface area (Å²) in [5.74, 6) is 0.868. The monoisotopic (exact) mass is 413 g/mol. The molecule has 156 valence electrons. The van der Waals surface area contributed by atoms with Crippen molar-refractivity contribution < 1.29 is 9.47 Å². The first-order valence-corrected chi connectivity index (χ1v) is 10.6. The molecule has 0 aromatic heterocycles. The van der Waals surface area contributed by atoms with E-state index in [2.05, 4.69) is 58.4 Å². The van der Waals surface area contributed by atoms with Gasteiger partial charge in [-0.25, -0.2) is 0 Å². The maximum Gasteiger partial charge on any atom is 0.169 e. The Morgan fingerprint density at radius 1 is 1.14 bits per heavy atom. The molecule has 1 atom stereocenters. The Bertz CT molecular complexity index is 748. The number of ether oxygens (including phenoxy) is 2. The van der Waals surface area contributed by atoms with Crippen LogP contribution in [-0.4, -0.2) is 61.4 Å². The largest absolute Gasteiger partial charge is 0.497 e. The van der Waals surface area contributed by atoms with Gasteiger partial charge in [-0.1, -0.05) is 42.5 Å². The summed E-state index contributed by atoms with van der Waals surface area (Å²) in [5, 5.41) is 4.30. The van der Waals surface area contributed by atoms with Gasteiger partial charge in [0, 0.05) is 32.7 Å². The number of morpholine rings is 1. The van der Waals surface area contributed by atoms with Crippen LogP contribution in [0.4, 0.5) is 0 Å². The third kappa shape index (κ3) is 6.70. The van der Waals surface area contributed by atoms with Crippen molar-refractivity contribution in [2.24, 2.45) is 0 Å². The number of methoxy groups -OCH3 is 1. The molecular weight excluding hydrogens is 382 g/mol. The van der Waals surface area contributed by atoms with Gasteiger partial charge in [-0.3, -0.25) is 4.90 Å². The van der Waals surface area contributed by atoms with Crippen molar-refractivity contribution in [3.63, 3.8) is 0 Å². The van der Waals surface area contributed by atoms with Crippen molar-refractivity contribution in [1.82, 2.24) is 15.1 Å². The van der Waals surface area contributed by atoms with Gasteiger partial charge in [0.2, 0.25) is 0 Å². The smallest absolute Gasteiger partial charge is 0.169 e. The van der Waals surface area contributed by atoms with Gasteiger partial charge in [0.15, 0.2) is 5.11 Å². The molecule has 1 unspecified atom stereocenters. The third-order valence-corrected chi connectivity index (χ3v) is 5.63. The van der Waals surface area contributed by atoms with Crippen molar-refractivity contribution in [1.29, 1.82) is 0 Å². The van der Waals surface area contributed by atoms with Crippen LogP contribution in [0.1, 0.15) is 24.1 Å². The lowest BCUT2D eigenvalue weighted by molar-refractivity contribution is 0.0357. The van der Waals surface area contributed by atoms with E-state index >= 15 is 0 Å². The summed E-state index contributed by atoms with van der Waals surface area (Å²) in [7, 11) is 1.69. The van der Waals surface area contributed by atoms with Crippen molar-refractivity contribution in [3.8, 4) is 5.75 Å². The van der Waals surface area contributed by atoms with E-state index in [0.717, 1.165) is 56.8 Å². The fourth-order valence-electron chi connectivity index (χ4n) is 3.39. The summed E-state index contributed by atoms with van der Waals surface area (Å²) < 4.78 is 10.7. The van der Waals surface area contributed by atoms with Crippen LogP contribution in [0, 0.1) is 0 Å². The van der Waals surface area contributed by atoms with Gasteiger partial charge < -0.3 is 19.7 Å². The summed E-state index contributed by atoms with van der Waals surface area (Å²) in [6.07, 6.45) is 0. The Labute approximate surface area is 179 Å². The number of hydrogen-bond donors (Lipinski definition) is 1. The Hall–Kier alpha value is -2.15. The van der Waals surface area contributed by atoms with E-state index in [1.54, 1.807) is 7.11 Å². The minimum Gasteiger partial charge on any atom is -0.497 e. The maximum atomic E-state index is 5.81. The predicted octanol–water partition coefficient (Wildman–Crippen LogP) is 3.47. The number of nitrogens with zero attached hydrogens (tertiary/aromatic N) is 2. The molecule has 1 fully saturated rings. The van der Waals surface area contributed by atoms with Gasteiger partial charge in [0.1, 0.15) is 5.75 Å². The van der Waals surface area contributed by atoms with Crippen LogP contribution in [0.25, 0.3) is 0 Å². The number of hydrogen-bond acceptors (Lipinski definition) is 4. The first-order valence-electron chi connectivity index (χ1n) is 10.2. The van der Waals surface area contributed by atoms with Gasteiger partial charge in [-0.15, -0.1) is 0 Å². The molecule has 6 heteroatoms. The van der Waals surface area contributed by atoms with Crippen LogP contribution >= 0.6 is 12.2 Å². The fourth-order valence-corrected chi connectivity index (χ4v) is 3.72. The second-order valence-electron chi connectivity index (χ2n) is 7.31. The number of nitrogens with one attached hydrogen (secondary N) is 1. The molecule has 2 aromatic carbocycles. The lowest BCUT2D eigenvalue weighted by atomic mass is 10.1. The highest BCUT2D eigenvalue weighted by Crippen LogP contribution is 2.15. The standard InChI is InChI=1S/C23H31N3O2S/c1-19(21-6-4-3-5-7-21)24-23(29)26(13-12-25-14-16-28-17-15-25)18-20-8-10-22(27-2)11-9-20/h3-11,19H,12-18H2,1-2H3,(H,24,29).